The second kappa shape index (κ2) is 18.1. The topological polar surface area (TPSA) is 26.0 Å². The van der Waals surface area contributed by atoms with Crippen LogP contribution in [-0.2, 0) is 5.41 Å². The molecule has 0 bridgehead atoms. The van der Waals surface area contributed by atoms with E-state index in [1.54, 1.807) is 0 Å². The number of para-hydroxylation sites is 2. The minimum absolute atomic E-state index is 0.536. The normalized spacial score (nSPS) is 13.9. The summed E-state index contributed by atoms with van der Waals surface area (Å²) in [5, 5.41) is 4.84. The molecule has 82 heavy (non-hydrogen) atoms. The van der Waals surface area contributed by atoms with Crippen LogP contribution >= 0.6 is 0 Å². The van der Waals surface area contributed by atoms with Gasteiger partial charge in [0.25, 0.3) is 0 Å². The van der Waals surface area contributed by atoms with Gasteiger partial charge in [0, 0.05) is 67.9 Å². The van der Waals surface area contributed by atoms with Crippen LogP contribution in [0.15, 0.2) is 304 Å². The maximum atomic E-state index is 4.59. The van der Waals surface area contributed by atoms with Crippen molar-refractivity contribution in [2.45, 2.75) is 5.41 Å². The second-order valence-corrected chi connectivity index (χ2v) is 21.8. The molecule has 12 aromatic carbocycles. The molecule has 4 heteroatoms. The van der Waals surface area contributed by atoms with Crippen LogP contribution in [0.2, 0.25) is 0 Å². The molecule has 0 N–H and O–H groups in total. The second-order valence-electron chi connectivity index (χ2n) is 21.8. The van der Waals surface area contributed by atoms with E-state index in [-0.39, 0.29) is 0 Å². The lowest BCUT2D eigenvalue weighted by Gasteiger charge is -2.31. The average molecular weight is 1040 g/mol. The van der Waals surface area contributed by atoms with Crippen molar-refractivity contribution in [3.8, 4) is 67.0 Å². The van der Waals surface area contributed by atoms with Crippen molar-refractivity contribution < 1.29 is 0 Å². The van der Waals surface area contributed by atoms with Gasteiger partial charge in [0.2, 0.25) is 0 Å². The molecule has 3 aromatic heterocycles. The Morgan fingerprint density at radius 2 is 0.720 bits per heavy atom. The van der Waals surface area contributed by atoms with E-state index in [0.29, 0.717) is 0 Å². The molecule has 2 aliphatic carbocycles. The summed E-state index contributed by atoms with van der Waals surface area (Å²) in [6.45, 7) is 0. The average Bonchev–Trinajstić information content (AvgIpc) is 1.83. The quantitative estimate of drug-likeness (QED) is 0.152. The van der Waals surface area contributed by atoms with Gasteiger partial charge in [-0.1, -0.05) is 212 Å². The molecule has 0 radical (unpaired) electrons. The summed E-state index contributed by atoms with van der Waals surface area (Å²) < 4.78 is 4.89. The van der Waals surface area contributed by atoms with Crippen LogP contribution in [-0.4, -0.2) is 14.1 Å². The third kappa shape index (κ3) is 6.76. The van der Waals surface area contributed by atoms with Crippen molar-refractivity contribution in [2.24, 2.45) is 0 Å². The van der Waals surface area contributed by atoms with Crippen LogP contribution in [0.5, 0.6) is 0 Å². The highest BCUT2D eigenvalue weighted by Crippen LogP contribution is 2.64. The Bertz CT molecular complexity index is 4820. The number of rotatable bonds is 8. The molecule has 2 aliphatic rings. The predicted molar refractivity (Wildman–Crippen MR) is 340 cm³/mol. The summed E-state index contributed by atoms with van der Waals surface area (Å²) >= 11 is 0. The van der Waals surface area contributed by atoms with Gasteiger partial charge < -0.3 is 14.0 Å². The molecule has 17 rings (SSSR count). The third-order valence-corrected chi connectivity index (χ3v) is 17.6. The molecule has 1 spiro atoms. The molecule has 0 fully saturated rings. The van der Waals surface area contributed by atoms with Crippen LogP contribution in [0.1, 0.15) is 22.3 Å². The van der Waals surface area contributed by atoms with Crippen LogP contribution in [0.4, 0.5) is 17.1 Å². The van der Waals surface area contributed by atoms with Crippen molar-refractivity contribution in [3.63, 3.8) is 0 Å². The van der Waals surface area contributed by atoms with Crippen LogP contribution in [0.3, 0.4) is 0 Å². The van der Waals surface area contributed by atoms with Crippen LogP contribution in [0, 0.1) is 0 Å². The molecular formula is C78H50N4. The van der Waals surface area contributed by atoms with Gasteiger partial charge in [-0.15, -0.1) is 0 Å². The fraction of sp³-hybridized carbons (Fsp3) is 0.0128. The van der Waals surface area contributed by atoms with Crippen molar-refractivity contribution in [3.05, 3.63) is 326 Å². The van der Waals surface area contributed by atoms with E-state index in [2.05, 4.69) is 304 Å². The first-order valence-electron chi connectivity index (χ1n) is 28.3. The lowest BCUT2D eigenvalue weighted by molar-refractivity contribution is 0.794. The van der Waals surface area contributed by atoms with Crippen molar-refractivity contribution in [1.82, 2.24) is 14.1 Å². The van der Waals surface area contributed by atoms with Gasteiger partial charge in [-0.25, -0.2) is 0 Å². The third-order valence-electron chi connectivity index (χ3n) is 17.6. The highest BCUT2D eigenvalue weighted by molar-refractivity contribution is 6.12. The van der Waals surface area contributed by atoms with Crippen molar-refractivity contribution in [2.75, 3.05) is 4.90 Å². The van der Waals surface area contributed by atoms with Crippen molar-refractivity contribution >= 4 is 60.7 Å². The molecule has 1 atom stereocenters. The summed E-state index contributed by atoms with van der Waals surface area (Å²) in [7, 11) is 0. The largest absolute Gasteiger partial charge is 0.310 e. The Morgan fingerprint density at radius 1 is 0.280 bits per heavy atom. The first-order valence-corrected chi connectivity index (χ1v) is 28.3. The van der Waals surface area contributed by atoms with Gasteiger partial charge in [0.1, 0.15) is 0 Å². The van der Waals surface area contributed by atoms with Crippen LogP contribution < -0.4 is 4.90 Å². The minimum atomic E-state index is -0.536. The highest BCUT2D eigenvalue weighted by atomic mass is 15.1. The lowest BCUT2D eigenvalue weighted by Crippen LogP contribution is -2.25. The molecule has 0 saturated heterocycles. The Hall–Kier alpha value is -10.8. The number of aromatic nitrogens is 3. The number of nitrogens with zero attached hydrogens (tertiary/aromatic N) is 4. The molecule has 15 aromatic rings. The van der Waals surface area contributed by atoms with E-state index in [0.717, 1.165) is 45.0 Å². The number of pyridine rings is 1. The van der Waals surface area contributed by atoms with E-state index in [4.69, 9.17) is 0 Å². The van der Waals surface area contributed by atoms with E-state index >= 15 is 0 Å². The van der Waals surface area contributed by atoms with Crippen LogP contribution in [0.25, 0.3) is 111 Å². The smallest absolute Gasteiger partial charge is 0.0725 e. The minimum Gasteiger partial charge on any atom is -0.310 e. The zero-order valence-electron chi connectivity index (χ0n) is 44.7. The van der Waals surface area contributed by atoms with Gasteiger partial charge in [-0.05, 0) is 151 Å². The van der Waals surface area contributed by atoms with Gasteiger partial charge >= 0.3 is 0 Å². The Balaban J connectivity index is 0.902. The van der Waals surface area contributed by atoms with Gasteiger partial charge in [-0.2, -0.15) is 0 Å². The molecular weight excluding hydrogens is 993 g/mol. The summed E-state index contributed by atoms with van der Waals surface area (Å²) in [6, 6.07) is 108. The van der Waals surface area contributed by atoms with E-state index in [1.165, 1.54) is 105 Å². The Labute approximate surface area is 475 Å². The number of anilines is 3. The molecule has 1 unspecified atom stereocenters. The molecule has 4 nitrogen and oxygen atoms in total. The van der Waals surface area contributed by atoms with E-state index < -0.39 is 5.41 Å². The zero-order chi connectivity index (χ0) is 53.9. The standard InChI is InChI=1S/C78H50N4/c1-3-17-51(18-4-1)53-32-36-56(37-33-53)81-73-30-13-9-23-63(73)65-43-40-59(48-75(65)81)80(60-41-44-66-64-24-10-14-31-74(64)82(76(66)49-60)57-38-34-54(35-39-57)52-19-5-2-6-20-52)58-42-45-71-68(47-58)62-22-7-11-27-69(62)78(71)70-28-12-8-25-67(70)77-61(26-15-29-72(77)78)55-21-16-46-79-50-55/h1-50H. The van der Waals surface area contributed by atoms with E-state index in [9.17, 15) is 0 Å². The molecule has 3 heterocycles. The number of fused-ring (bicyclic) bond motifs is 16. The summed E-state index contributed by atoms with van der Waals surface area (Å²) in [6.07, 6.45) is 3.86. The predicted octanol–water partition coefficient (Wildman–Crippen LogP) is 20.1. The van der Waals surface area contributed by atoms with E-state index in [1.807, 2.05) is 18.5 Å². The van der Waals surface area contributed by atoms with Gasteiger partial charge in [0.05, 0.1) is 27.5 Å². The monoisotopic (exact) mass is 1040 g/mol. The number of benzene rings is 12. The first kappa shape index (κ1) is 46.1. The fourth-order valence-electron chi connectivity index (χ4n) is 14.1. The van der Waals surface area contributed by atoms with Gasteiger partial charge in [0.15, 0.2) is 0 Å². The zero-order valence-corrected chi connectivity index (χ0v) is 44.7. The fourth-order valence-corrected chi connectivity index (χ4v) is 14.1. The maximum Gasteiger partial charge on any atom is 0.0725 e. The highest BCUT2D eigenvalue weighted by Gasteiger charge is 2.52. The first-order chi connectivity index (χ1) is 40.7. The van der Waals surface area contributed by atoms with Crippen molar-refractivity contribution in [1.29, 1.82) is 0 Å². The molecule has 382 valence electrons. The molecule has 0 amide bonds. The summed E-state index contributed by atoms with van der Waals surface area (Å²) in [5.74, 6) is 0. The maximum absolute atomic E-state index is 4.59. The molecule has 0 aliphatic heterocycles. The summed E-state index contributed by atoms with van der Waals surface area (Å²) in [4.78, 5) is 7.09. The number of hydrogen-bond donors (Lipinski definition) is 0. The molecule has 0 saturated carbocycles. The summed E-state index contributed by atoms with van der Waals surface area (Å²) in [5.41, 5.74) is 26.8. The lowest BCUT2D eigenvalue weighted by atomic mass is 9.70. The number of hydrogen-bond acceptors (Lipinski definition) is 2. The Kier molecular flexibility index (Phi) is 10.2. The Morgan fingerprint density at radius 3 is 1.30 bits per heavy atom. The SMILES string of the molecule is c1ccc(-c2ccc(-n3c4ccccc4c4ccc(N(c5ccc6c(c5)-c5ccccc5C65c6ccccc6-c6c(-c7cccnc7)cccc65)c5ccc6c7ccccc7n(-c7ccc(-c8ccccc8)cc7)c6c5)cc43)cc2)cc1. The van der Waals surface area contributed by atoms with Gasteiger partial charge in [-0.3, -0.25) is 4.98 Å².